The van der Waals surface area contributed by atoms with E-state index in [1.165, 1.54) is 135 Å². The maximum absolute atomic E-state index is 12.9. The molecule has 0 radical (unpaired) electrons. The Labute approximate surface area is 482 Å². The maximum atomic E-state index is 12.9. The lowest BCUT2D eigenvalue weighted by Crippen LogP contribution is -2.30. The summed E-state index contributed by atoms with van der Waals surface area (Å²) >= 11 is 0. The van der Waals surface area contributed by atoms with Gasteiger partial charge in [-0.05, 0) is 103 Å². The molecule has 444 valence electrons. The van der Waals surface area contributed by atoms with Crippen molar-refractivity contribution in [3.8, 4) is 0 Å². The summed E-state index contributed by atoms with van der Waals surface area (Å²) in [6.45, 7) is 6.38. The molecule has 0 N–H and O–H groups in total. The van der Waals surface area contributed by atoms with Gasteiger partial charge in [-0.15, -0.1) is 0 Å². The Hall–Kier alpha value is -4.19. The van der Waals surface area contributed by atoms with Gasteiger partial charge < -0.3 is 14.2 Å². The maximum Gasteiger partial charge on any atom is 0.306 e. The van der Waals surface area contributed by atoms with Crippen molar-refractivity contribution in [3.63, 3.8) is 0 Å². The van der Waals surface area contributed by atoms with Gasteiger partial charge in [0.05, 0.1) is 0 Å². The molecule has 0 fully saturated rings. The summed E-state index contributed by atoms with van der Waals surface area (Å²) in [5.41, 5.74) is 0. The molecule has 0 aliphatic heterocycles. The number of unbranched alkanes of at least 4 members (excludes halogenated alkanes) is 27. The Morgan fingerprint density at radius 3 is 0.833 bits per heavy atom. The number of esters is 3. The number of hydrogen-bond donors (Lipinski definition) is 0. The second-order valence-electron chi connectivity index (χ2n) is 21.3. The normalized spacial score (nSPS) is 12.9. The minimum atomic E-state index is -0.809. The average molecular weight is 1080 g/mol. The monoisotopic (exact) mass is 1080 g/mol. The van der Waals surface area contributed by atoms with Gasteiger partial charge in [0, 0.05) is 19.3 Å². The van der Waals surface area contributed by atoms with E-state index in [1.54, 1.807) is 0 Å². The number of carbonyl (C=O) groups is 3. The minimum absolute atomic E-state index is 0.102. The Balaban J connectivity index is 4.46. The molecule has 0 amide bonds. The molecule has 0 aromatic carbocycles. The zero-order valence-electron chi connectivity index (χ0n) is 50.9. The highest BCUT2D eigenvalue weighted by Gasteiger charge is 2.19. The zero-order valence-corrected chi connectivity index (χ0v) is 50.9. The topological polar surface area (TPSA) is 78.9 Å². The lowest BCUT2D eigenvalue weighted by molar-refractivity contribution is -0.167. The van der Waals surface area contributed by atoms with E-state index >= 15 is 0 Å². The van der Waals surface area contributed by atoms with E-state index in [1.807, 2.05) is 0 Å². The van der Waals surface area contributed by atoms with Gasteiger partial charge in [0.15, 0.2) is 6.10 Å². The van der Waals surface area contributed by atoms with Gasteiger partial charge in [-0.2, -0.15) is 0 Å². The predicted octanol–water partition coefficient (Wildman–Crippen LogP) is 22.4. The van der Waals surface area contributed by atoms with Crippen LogP contribution in [0.25, 0.3) is 0 Å². The van der Waals surface area contributed by atoms with Gasteiger partial charge >= 0.3 is 17.9 Å². The Bertz CT molecular complexity index is 1620. The van der Waals surface area contributed by atoms with Crippen LogP contribution in [-0.2, 0) is 28.6 Å². The molecule has 0 aromatic heterocycles. The molecule has 0 aliphatic rings. The van der Waals surface area contributed by atoms with Gasteiger partial charge in [0.2, 0.25) is 0 Å². The molecular weight excluding hydrogens is 961 g/mol. The first kappa shape index (κ1) is 73.8. The fourth-order valence-corrected chi connectivity index (χ4v) is 8.92. The van der Waals surface area contributed by atoms with Crippen LogP contribution >= 0.6 is 0 Å². The lowest BCUT2D eigenvalue weighted by atomic mass is 10.0. The highest BCUT2D eigenvalue weighted by Crippen LogP contribution is 2.17. The SMILES string of the molecule is CC/C=C\C/C=C\C/C=C\C/C=C\C/C=C\CCCCCCCCCC(=O)OCC(COC(=O)CCC/C=C\C/C=C\C/C=C\C/C=C\C/C=C\CC)OC(=O)CCCCCCCCCCCCCCCCCCCCCC. The molecule has 0 heterocycles. The number of ether oxygens (including phenoxy) is 3. The quantitative estimate of drug-likeness (QED) is 0.0261. The Kier molecular flexibility index (Phi) is 61.8. The molecular formula is C72H120O6. The molecule has 0 saturated heterocycles. The van der Waals surface area contributed by atoms with E-state index in [4.69, 9.17) is 14.2 Å². The summed E-state index contributed by atoms with van der Waals surface area (Å²) in [5.74, 6) is -0.964. The fourth-order valence-electron chi connectivity index (χ4n) is 8.92. The molecule has 1 atom stereocenters. The van der Waals surface area contributed by atoms with Gasteiger partial charge in [-0.1, -0.05) is 296 Å². The highest BCUT2D eigenvalue weighted by molar-refractivity contribution is 5.71. The van der Waals surface area contributed by atoms with Crippen molar-refractivity contribution in [3.05, 3.63) is 122 Å². The molecule has 0 aromatic rings. The van der Waals surface area contributed by atoms with Crippen LogP contribution in [0.15, 0.2) is 122 Å². The van der Waals surface area contributed by atoms with Crippen LogP contribution < -0.4 is 0 Å². The van der Waals surface area contributed by atoms with Crippen LogP contribution in [0.4, 0.5) is 0 Å². The summed E-state index contributed by atoms with van der Waals surface area (Å²) in [4.78, 5) is 38.4. The summed E-state index contributed by atoms with van der Waals surface area (Å²) in [7, 11) is 0. The minimum Gasteiger partial charge on any atom is -0.462 e. The molecule has 6 heteroatoms. The number of hydrogen-bond acceptors (Lipinski definition) is 6. The van der Waals surface area contributed by atoms with Gasteiger partial charge in [-0.25, -0.2) is 0 Å². The van der Waals surface area contributed by atoms with Crippen molar-refractivity contribution in [2.45, 2.75) is 303 Å². The van der Waals surface area contributed by atoms with Crippen LogP contribution in [0.5, 0.6) is 0 Å². The largest absolute Gasteiger partial charge is 0.462 e. The molecule has 0 rings (SSSR count). The van der Waals surface area contributed by atoms with Crippen LogP contribution in [-0.4, -0.2) is 37.2 Å². The van der Waals surface area contributed by atoms with Crippen LogP contribution in [0.2, 0.25) is 0 Å². The third-order valence-corrected chi connectivity index (χ3v) is 13.7. The second kappa shape index (κ2) is 65.3. The molecule has 0 spiro atoms. The van der Waals surface area contributed by atoms with Gasteiger partial charge in [0.1, 0.15) is 13.2 Å². The van der Waals surface area contributed by atoms with E-state index in [2.05, 4.69) is 142 Å². The average Bonchev–Trinajstić information content (AvgIpc) is 3.44. The number of carbonyl (C=O) groups excluding carboxylic acids is 3. The van der Waals surface area contributed by atoms with E-state index in [9.17, 15) is 14.4 Å². The van der Waals surface area contributed by atoms with E-state index in [0.29, 0.717) is 19.3 Å². The first-order chi connectivity index (χ1) is 38.5. The first-order valence-electron chi connectivity index (χ1n) is 32.5. The van der Waals surface area contributed by atoms with Gasteiger partial charge in [0.25, 0.3) is 0 Å². The molecule has 1 unspecified atom stereocenters. The van der Waals surface area contributed by atoms with Crippen LogP contribution in [0.3, 0.4) is 0 Å². The van der Waals surface area contributed by atoms with Crippen LogP contribution in [0.1, 0.15) is 297 Å². The fraction of sp³-hybridized carbons (Fsp3) is 0.681. The van der Waals surface area contributed by atoms with Crippen molar-refractivity contribution in [1.29, 1.82) is 0 Å². The number of rotatable bonds is 58. The van der Waals surface area contributed by atoms with Crippen molar-refractivity contribution >= 4 is 17.9 Å². The molecule has 6 nitrogen and oxygen atoms in total. The summed E-state index contributed by atoms with van der Waals surface area (Å²) < 4.78 is 16.9. The standard InChI is InChI=1S/C72H120O6/c1-4-7-10-13-16-19-22-25-28-31-33-35-36-37-39-41-44-47-50-53-56-59-62-65-71(74)77-68-69(67-76-70(73)64-61-58-55-52-49-46-43-40-30-27-24-21-18-15-12-9-6-3)78-72(75)66-63-60-57-54-51-48-45-42-38-34-32-29-26-23-20-17-14-11-8-5-2/h7,9-10,12,16,18-19,21,25,27-28,30,33,35,37,39,43,46,52,55,69H,4-6,8,11,13-15,17,20,22-24,26,29,31-32,34,36,38,40-42,44-45,47-51,53-54,56-68H2,1-3H3/b10-7-,12-9-,19-16-,21-18-,28-25-,30-27-,35-33-,39-37-,46-43-,55-52-. The zero-order chi connectivity index (χ0) is 56.4. The van der Waals surface area contributed by atoms with Crippen molar-refractivity contribution in [2.75, 3.05) is 13.2 Å². The third-order valence-electron chi connectivity index (χ3n) is 13.7. The van der Waals surface area contributed by atoms with Crippen molar-refractivity contribution in [1.82, 2.24) is 0 Å². The predicted molar refractivity (Wildman–Crippen MR) is 339 cm³/mol. The molecule has 78 heavy (non-hydrogen) atoms. The summed E-state index contributed by atoms with van der Waals surface area (Å²) in [6, 6.07) is 0. The Morgan fingerprint density at radius 2 is 0.513 bits per heavy atom. The second-order valence-corrected chi connectivity index (χ2v) is 21.3. The molecule has 0 bridgehead atoms. The van der Waals surface area contributed by atoms with Crippen LogP contribution in [0, 0.1) is 0 Å². The summed E-state index contributed by atoms with van der Waals surface area (Å²) in [6.07, 6.45) is 90.7. The molecule has 0 aliphatic carbocycles. The summed E-state index contributed by atoms with van der Waals surface area (Å²) in [5, 5.41) is 0. The van der Waals surface area contributed by atoms with Gasteiger partial charge in [-0.3, -0.25) is 14.4 Å². The van der Waals surface area contributed by atoms with E-state index < -0.39 is 6.10 Å². The van der Waals surface area contributed by atoms with Crippen molar-refractivity contribution < 1.29 is 28.6 Å². The van der Waals surface area contributed by atoms with E-state index in [0.717, 1.165) is 116 Å². The van der Waals surface area contributed by atoms with Crippen molar-refractivity contribution in [2.24, 2.45) is 0 Å². The highest BCUT2D eigenvalue weighted by atomic mass is 16.6. The smallest absolute Gasteiger partial charge is 0.306 e. The Morgan fingerprint density at radius 1 is 0.269 bits per heavy atom. The first-order valence-corrected chi connectivity index (χ1v) is 32.5. The molecule has 0 saturated carbocycles. The lowest BCUT2D eigenvalue weighted by Gasteiger charge is -2.18. The third kappa shape index (κ3) is 62.7. The van der Waals surface area contributed by atoms with E-state index in [-0.39, 0.29) is 37.5 Å². The number of allylic oxidation sites excluding steroid dienone is 20.